The first-order valence-corrected chi connectivity index (χ1v) is 3.91. The van der Waals surface area contributed by atoms with Crippen LogP contribution in [0.25, 0.3) is 0 Å². The molecule has 1 N–H and O–H groups in total. The standard InChI is InChI=1S/C10H9N3/c1-13-10-5-8(6-11)3-2-4-9(10)7-12/h2-3,5,13H,4H2,1H3. The van der Waals surface area contributed by atoms with Gasteiger partial charge in [-0.05, 0) is 12.2 Å². The minimum Gasteiger partial charge on any atom is -0.387 e. The lowest BCUT2D eigenvalue weighted by molar-refractivity contribution is 1.00. The molecule has 0 atom stereocenters. The monoisotopic (exact) mass is 171 g/mol. The molecule has 0 heterocycles. The van der Waals surface area contributed by atoms with Gasteiger partial charge in [0.05, 0.1) is 23.3 Å². The normalized spacial score (nSPS) is 15.5. The molecule has 13 heavy (non-hydrogen) atoms. The number of rotatable bonds is 1. The Morgan fingerprint density at radius 2 is 2.15 bits per heavy atom. The quantitative estimate of drug-likeness (QED) is 0.648. The molecule has 1 rings (SSSR count). The summed E-state index contributed by atoms with van der Waals surface area (Å²) in [5, 5.41) is 20.4. The van der Waals surface area contributed by atoms with Crippen LogP contribution in [0.4, 0.5) is 0 Å². The zero-order valence-electron chi connectivity index (χ0n) is 7.33. The summed E-state index contributed by atoms with van der Waals surface area (Å²) < 4.78 is 0. The van der Waals surface area contributed by atoms with E-state index in [2.05, 4.69) is 11.4 Å². The van der Waals surface area contributed by atoms with Crippen LogP contribution >= 0.6 is 0 Å². The van der Waals surface area contributed by atoms with Crippen molar-refractivity contribution in [2.24, 2.45) is 0 Å². The average molecular weight is 171 g/mol. The summed E-state index contributed by atoms with van der Waals surface area (Å²) in [7, 11) is 1.74. The van der Waals surface area contributed by atoms with Crippen molar-refractivity contribution < 1.29 is 0 Å². The summed E-state index contributed by atoms with van der Waals surface area (Å²) in [5.74, 6) is 0. The van der Waals surface area contributed by atoms with Crippen LogP contribution in [0.2, 0.25) is 0 Å². The molecular weight excluding hydrogens is 162 g/mol. The molecule has 0 fully saturated rings. The molecule has 0 bridgehead atoms. The Hall–Kier alpha value is -2.00. The van der Waals surface area contributed by atoms with Crippen molar-refractivity contribution in [3.63, 3.8) is 0 Å². The second kappa shape index (κ2) is 4.13. The summed E-state index contributed by atoms with van der Waals surface area (Å²) >= 11 is 0. The summed E-state index contributed by atoms with van der Waals surface area (Å²) in [5.41, 5.74) is 1.95. The molecule has 0 aliphatic heterocycles. The van der Waals surface area contributed by atoms with E-state index in [4.69, 9.17) is 10.5 Å². The van der Waals surface area contributed by atoms with E-state index in [-0.39, 0.29) is 0 Å². The van der Waals surface area contributed by atoms with Crippen molar-refractivity contribution in [3.05, 3.63) is 35.1 Å². The predicted octanol–water partition coefficient (Wildman–Crippen LogP) is 1.39. The predicted molar refractivity (Wildman–Crippen MR) is 49.2 cm³/mol. The highest BCUT2D eigenvalue weighted by Crippen LogP contribution is 2.14. The highest BCUT2D eigenvalue weighted by molar-refractivity contribution is 5.46. The second-order valence-electron chi connectivity index (χ2n) is 2.57. The Bertz CT molecular complexity index is 372. The maximum atomic E-state index is 8.78. The van der Waals surface area contributed by atoms with Crippen LogP contribution in [-0.4, -0.2) is 7.05 Å². The van der Waals surface area contributed by atoms with Gasteiger partial charge in [-0.25, -0.2) is 0 Å². The Balaban J connectivity index is 3.15. The van der Waals surface area contributed by atoms with Gasteiger partial charge in [-0.1, -0.05) is 6.08 Å². The van der Waals surface area contributed by atoms with E-state index in [1.807, 2.05) is 12.1 Å². The van der Waals surface area contributed by atoms with E-state index < -0.39 is 0 Å². The molecule has 0 radical (unpaired) electrons. The fourth-order valence-electron chi connectivity index (χ4n) is 1.10. The average Bonchev–Trinajstić information content (AvgIpc) is 2.38. The van der Waals surface area contributed by atoms with E-state index in [9.17, 15) is 0 Å². The first-order valence-electron chi connectivity index (χ1n) is 3.91. The summed E-state index contributed by atoms with van der Waals surface area (Å²) in [6.45, 7) is 0. The van der Waals surface area contributed by atoms with Crippen LogP contribution in [0.1, 0.15) is 6.42 Å². The van der Waals surface area contributed by atoms with Gasteiger partial charge < -0.3 is 5.32 Å². The van der Waals surface area contributed by atoms with Crippen LogP contribution in [0.5, 0.6) is 0 Å². The van der Waals surface area contributed by atoms with Crippen LogP contribution in [0.3, 0.4) is 0 Å². The number of nitriles is 2. The number of hydrogen-bond acceptors (Lipinski definition) is 3. The zero-order chi connectivity index (χ0) is 9.68. The van der Waals surface area contributed by atoms with Crippen LogP contribution in [0, 0.1) is 22.7 Å². The summed E-state index contributed by atoms with van der Waals surface area (Å²) in [6, 6.07) is 4.15. The van der Waals surface area contributed by atoms with Gasteiger partial charge in [-0.3, -0.25) is 0 Å². The molecule has 0 saturated carbocycles. The molecule has 0 spiro atoms. The fourth-order valence-corrected chi connectivity index (χ4v) is 1.10. The molecule has 1 aliphatic carbocycles. The van der Waals surface area contributed by atoms with Gasteiger partial charge in [0.15, 0.2) is 0 Å². The smallest absolute Gasteiger partial charge is 0.0992 e. The molecule has 64 valence electrons. The van der Waals surface area contributed by atoms with Gasteiger partial charge in [0.25, 0.3) is 0 Å². The Morgan fingerprint density at radius 1 is 1.38 bits per heavy atom. The van der Waals surface area contributed by atoms with Gasteiger partial charge in [0, 0.05) is 19.2 Å². The first kappa shape index (κ1) is 9.09. The lowest BCUT2D eigenvalue weighted by Crippen LogP contribution is -2.06. The third-order valence-electron chi connectivity index (χ3n) is 1.78. The molecule has 1 aliphatic rings. The second-order valence-corrected chi connectivity index (χ2v) is 2.57. The maximum absolute atomic E-state index is 8.78. The van der Waals surface area contributed by atoms with Crippen molar-refractivity contribution in [2.75, 3.05) is 7.05 Å². The SMILES string of the molecule is CNC1=C(C#N)CC=CC(C#N)=C1. The van der Waals surface area contributed by atoms with E-state index >= 15 is 0 Å². The van der Waals surface area contributed by atoms with Gasteiger partial charge in [-0.15, -0.1) is 0 Å². The molecule has 0 amide bonds. The van der Waals surface area contributed by atoms with Gasteiger partial charge >= 0.3 is 0 Å². The minimum atomic E-state index is 0.564. The molecule has 0 saturated heterocycles. The molecule has 0 aromatic heterocycles. The third kappa shape index (κ3) is 1.98. The van der Waals surface area contributed by atoms with Crippen molar-refractivity contribution in [1.29, 1.82) is 10.5 Å². The van der Waals surface area contributed by atoms with E-state index in [0.717, 1.165) is 5.70 Å². The highest BCUT2D eigenvalue weighted by Gasteiger charge is 2.05. The lowest BCUT2D eigenvalue weighted by atomic mass is 10.1. The van der Waals surface area contributed by atoms with Gasteiger partial charge in [0.2, 0.25) is 0 Å². The van der Waals surface area contributed by atoms with Crippen molar-refractivity contribution in [1.82, 2.24) is 5.32 Å². The third-order valence-corrected chi connectivity index (χ3v) is 1.78. The Labute approximate surface area is 77.3 Å². The highest BCUT2D eigenvalue weighted by atomic mass is 14.8. The first-order chi connectivity index (χ1) is 6.31. The van der Waals surface area contributed by atoms with Crippen LogP contribution in [0.15, 0.2) is 35.1 Å². The van der Waals surface area contributed by atoms with E-state index in [1.165, 1.54) is 0 Å². The van der Waals surface area contributed by atoms with Crippen molar-refractivity contribution >= 4 is 0 Å². The number of nitrogens with one attached hydrogen (secondary N) is 1. The molecule has 0 aromatic rings. The molecule has 3 nitrogen and oxygen atoms in total. The van der Waals surface area contributed by atoms with Crippen molar-refractivity contribution in [3.8, 4) is 12.1 Å². The molecule has 0 aromatic carbocycles. The van der Waals surface area contributed by atoms with E-state index in [0.29, 0.717) is 17.6 Å². The number of hydrogen-bond donors (Lipinski definition) is 1. The minimum absolute atomic E-state index is 0.564. The number of likely N-dealkylation sites (N-methyl/N-ethyl adjacent to an activating group) is 1. The van der Waals surface area contributed by atoms with Crippen LogP contribution < -0.4 is 5.32 Å². The summed E-state index contributed by atoms with van der Waals surface area (Å²) in [4.78, 5) is 0. The number of nitrogens with zero attached hydrogens (tertiary/aromatic N) is 2. The molecular formula is C10H9N3. The Morgan fingerprint density at radius 3 is 2.69 bits per heavy atom. The largest absolute Gasteiger partial charge is 0.387 e. The Kier molecular flexibility index (Phi) is 2.89. The fraction of sp³-hybridized carbons (Fsp3) is 0.200. The van der Waals surface area contributed by atoms with Gasteiger partial charge in [-0.2, -0.15) is 10.5 Å². The molecule has 0 unspecified atom stereocenters. The zero-order valence-corrected chi connectivity index (χ0v) is 7.33. The molecule has 3 heteroatoms. The number of allylic oxidation sites excluding steroid dienone is 5. The maximum Gasteiger partial charge on any atom is 0.0992 e. The van der Waals surface area contributed by atoms with E-state index in [1.54, 1.807) is 19.2 Å². The lowest BCUT2D eigenvalue weighted by Gasteiger charge is -2.01. The van der Waals surface area contributed by atoms with Crippen LogP contribution in [-0.2, 0) is 0 Å². The topological polar surface area (TPSA) is 59.6 Å². The summed E-state index contributed by atoms with van der Waals surface area (Å²) in [6.07, 6.45) is 5.80. The van der Waals surface area contributed by atoms with Crippen molar-refractivity contribution in [2.45, 2.75) is 6.42 Å². The van der Waals surface area contributed by atoms with Gasteiger partial charge in [0.1, 0.15) is 0 Å².